The molecule has 0 spiro atoms. The molecule has 2 atom stereocenters. The van der Waals surface area contributed by atoms with Gasteiger partial charge in [0.2, 0.25) is 0 Å². The molecule has 1 aromatic rings. The molecule has 0 aromatic heterocycles. The summed E-state index contributed by atoms with van der Waals surface area (Å²) in [4.78, 5) is 12.0. The van der Waals surface area contributed by atoms with Gasteiger partial charge >= 0.3 is 0 Å². The van der Waals surface area contributed by atoms with Crippen LogP contribution in [0, 0.1) is 5.92 Å². The monoisotopic (exact) mass is 298 g/mol. The fourth-order valence-corrected chi connectivity index (χ4v) is 2.13. The van der Waals surface area contributed by atoms with Gasteiger partial charge in [0, 0.05) is 17.5 Å². The second-order valence-corrected chi connectivity index (χ2v) is 5.36. The maximum absolute atomic E-state index is 12.0. The summed E-state index contributed by atoms with van der Waals surface area (Å²) in [5.41, 5.74) is 6.76. The van der Waals surface area contributed by atoms with E-state index >= 15 is 0 Å². The van der Waals surface area contributed by atoms with Crippen LogP contribution in [0.5, 0.6) is 0 Å². The van der Waals surface area contributed by atoms with Crippen LogP contribution in [0.15, 0.2) is 18.2 Å². The maximum atomic E-state index is 12.0. The normalized spacial score (nSPS) is 19.8. The predicted molar refractivity (Wildman–Crippen MR) is 78.8 cm³/mol. The van der Waals surface area contributed by atoms with Gasteiger partial charge < -0.3 is 20.5 Å². The van der Waals surface area contributed by atoms with Crippen molar-refractivity contribution >= 4 is 28.9 Å². The van der Waals surface area contributed by atoms with E-state index in [1.54, 1.807) is 25.1 Å². The minimum atomic E-state index is -0.536. The highest BCUT2D eigenvalue weighted by molar-refractivity contribution is 6.31. The number of hydrogen-bond acceptors (Lipinski definition) is 4. The first-order valence-corrected chi connectivity index (χ1v) is 6.99. The summed E-state index contributed by atoms with van der Waals surface area (Å²) in [7, 11) is 0. The molecule has 1 aromatic carbocycles. The van der Waals surface area contributed by atoms with E-state index in [1.165, 1.54) is 0 Å². The number of nitrogens with two attached hydrogens (primary N) is 1. The number of carbonyl (C=O) groups excluding carboxylic acids is 1. The Kier molecular flexibility index (Phi) is 5.23. The summed E-state index contributed by atoms with van der Waals surface area (Å²) in [5.74, 6) is 0.156. The number of carbonyl (C=O) groups is 1. The molecule has 3 N–H and O–H groups in total. The van der Waals surface area contributed by atoms with Crippen LogP contribution in [0.1, 0.15) is 13.3 Å². The molecular formula is C14H19ClN2O3. The Morgan fingerprint density at radius 2 is 2.45 bits per heavy atom. The van der Waals surface area contributed by atoms with Gasteiger partial charge in [0.15, 0.2) is 0 Å². The third-order valence-corrected chi connectivity index (χ3v) is 3.48. The largest absolute Gasteiger partial charge is 0.397 e. The van der Waals surface area contributed by atoms with Crippen LogP contribution in [0.2, 0.25) is 5.02 Å². The van der Waals surface area contributed by atoms with Crippen LogP contribution in [-0.2, 0) is 14.3 Å². The van der Waals surface area contributed by atoms with Crippen LogP contribution in [-0.4, -0.2) is 31.8 Å². The van der Waals surface area contributed by atoms with Gasteiger partial charge in [-0.05, 0) is 31.5 Å². The first-order chi connectivity index (χ1) is 9.56. The second-order valence-electron chi connectivity index (χ2n) is 4.93. The van der Waals surface area contributed by atoms with Crippen LogP contribution >= 0.6 is 11.6 Å². The zero-order valence-electron chi connectivity index (χ0n) is 11.4. The first-order valence-electron chi connectivity index (χ1n) is 6.61. The molecule has 20 heavy (non-hydrogen) atoms. The number of anilines is 2. The number of nitrogen functional groups attached to an aromatic ring is 1. The SMILES string of the molecule is CC(OCC1CCOC1)C(=O)Nc1ccc(Cl)cc1N. The number of benzene rings is 1. The zero-order valence-corrected chi connectivity index (χ0v) is 12.2. The predicted octanol–water partition coefficient (Wildman–Crippen LogP) is 2.30. The molecule has 0 bridgehead atoms. The van der Waals surface area contributed by atoms with E-state index in [0.717, 1.165) is 13.0 Å². The van der Waals surface area contributed by atoms with Gasteiger partial charge in [0.05, 0.1) is 24.6 Å². The van der Waals surface area contributed by atoms with E-state index in [0.29, 0.717) is 35.5 Å². The zero-order chi connectivity index (χ0) is 14.5. The minimum Gasteiger partial charge on any atom is -0.397 e. The lowest BCUT2D eigenvalue weighted by Gasteiger charge is -2.16. The highest BCUT2D eigenvalue weighted by Crippen LogP contribution is 2.23. The van der Waals surface area contributed by atoms with E-state index in [-0.39, 0.29) is 5.91 Å². The van der Waals surface area contributed by atoms with Gasteiger partial charge in [-0.25, -0.2) is 0 Å². The molecule has 0 radical (unpaired) electrons. The summed E-state index contributed by atoms with van der Waals surface area (Å²) < 4.78 is 10.8. The van der Waals surface area contributed by atoms with E-state index in [9.17, 15) is 4.79 Å². The summed E-state index contributed by atoms with van der Waals surface area (Å²) in [5, 5.41) is 3.27. The van der Waals surface area contributed by atoms with Gasteiger partial charge in [-0.1, -0.05) is 11.6 Å². The maximum Gasteiger partial charge on any atom is 0.253 e. The average Bonchev–Trinajstić information content (AvgIpc) is 2.92. The molecule has 1 heterocycles. The third-order valence-electron chi connectivity index (χ3n) is 3.25. The van der Waals surface area contributed by atoms with Gasteiger partial charge in [-0.3, -0.25) is 4.79 Å². The Balaban J connectivity index is 1.83. The van der Waals surface area contributed by atoms with Crippen molar-refractivity contribution in [2.24, 2.45) is 5.92 Å². The second kappa shape index (κ2) is 6.92. The van der Waals surface area contributed by atoms with Crippen LogP contribution in [0.3, 0.4) is 0 Å². The summed E-state index contributed by atoms with van der Waals surface area (Å²) in [6.45, 7) is 3.73. The molecule has 0 aliphatic carbocycles. The first kappa shape index (κ1) is 15.1. The lowest BCUT2D eigenvalue weighted by molar-refractivity contribution is -0.127. The highest BCUT2D eigenvalue weighted by Gasteiger charge is 2.20. The molecule has 110 valence electrons. The van der Waals surface area contributed by atoms with Crippen molar-refractivity contribution in [3.05, 3.63) is 23.2 Å². The van der Waals surface area contributed by atoms with Gasteiger partial charge in [-0.15, -0.1) is 0 Å². The minimum absolute atomic E-state index is 0.224. The highest BCUT2D eigenvalue weighted by atomic mass is 35.5. The van der Waals surface area contributed by atoms with E-state index in [2.05, 4.69) is 5.32 Å². The molecule has 5 nitrogen and oxygen atoms in total. The smallest absolute Gasteiger partial charge is 0.253 e. The van der Waals surface area contributed by atoms with E-state index in [1.807, 2.05) is 0 Å². The number of nitrogens with one attached hydrogen (secondary N) is 1. The Bertz CT molecular complexity index is 475. The van der Waals surface area contributed by atoms with Crippen molar-refractivity contribution in [1.29, 1.82) is 0 Å². The topological polar surface area (TPSA) is 73.6 Å². The third kappa shape index (κ3) is 4.10. The van der Waals surface area contributed by atoms with Crippen molar-refractivity contribution in [3.63, 3.8) is 0 Å². The molecule has 1 aliphatic heterocycles. The molecule has 1 amide bonds. The quantitative estimate of drug-likeness (QED) is 0.818. The van der Waals surface area contributed by atoms with E-state index in [4.69, 9.17) is 26.8 Å². The molecular weight excluding hydrogens is 280 g/mol. The standard InChI is InChI=1S/C14H19ClN2O3/c1-9(20-8-10-4-5-19-7-10)14(18)17-13-3-2-11(15)6-12(13)16/h2-3,6,9-10H,4-5,7-8,16H2,1H3,(H,17,18). The van der Waals surface area contributed by atoms with Gasteiger partial charge in [0.1, 0.15) is 6.10 Å². The molecule has 1 saturated heterocycles. The summed E-state index contributed by atoms with van der Waals surface area (Å²) in [6, 6.07) is 4.95. The summed E-state index contributed by atoms with van der Waals surface area (Å²) >= 11 is 5.81. The van der Waals surface area contributed by atoms with Crippen molar-refractivity contribution in [2.75, 3.05) is 30.9 Å². The van der Waals surface area contributed by atoms with E-state index < -0.39 is 6.10 Å². The fourth-order valence-electron chi connectivity index (χ4n) is 1.95. The van der Waals surface area contributed by atoms with Crippen molar-refractivity contribution in [2.45, 2.75) is 19.4 Å². The van der Waals surface area contributed by atoms with Crippen molar-refractivity contribution in [3.8, 4) is 0 Å². The molecule has 2 unspecified atom stereocenters. The molecule has 1 aliphatic rings. The van der Waals surface area contributed by atoms with Gasteiger partial charge in [0.25, 0.3) is 5.91 Å². The van der Waals surface area contributed by atoms with Crippen molar-refractivity contribution in [1.82, 2.24) is 0 Å². The Labute approximate surface area is 123 Å². The van der Waals surface area contributed by atoms with Crippen molar-refractivity contribution < 1.29 is 14.3 Å². The molecule has 6 heteroatoms. The number of hydrogen-bond donors (Lipinski definition) is 2. The number of halogens is 1. The number of rotatable bonds is 5. The molecule has 0 saturated carbocycles. The molecule has 1 fully saturated rings. The van der Waals surface area contributed by atoms with Crippen LogP contribution in [0.4, 0.5) is 11.4 Å². The number of amides is 1. The van der Waals surface area contributed by atoms with Gasteiger partial charge in [-0.2, -0.15) is 0 Å². The Morgan fingerprint density at radius 1 is 1.65 bits per heavy atom. The Hall–Kier alpha value is -1.30. The Morgan fingerprint density at radius 3 is 3.10 bits per heavy atom. The number of ether oxygens (including phenoxy) is 2. The van der Waals surface area contributed by atoms with Crippen LogP contribution < -0.4 is 11.1 Å². The summed E-state index contributed by atoms with van der Waals surface area (Å²) in [6.07, 6.45) is 0.448. The fraction of sp³-hybridized carbons (Fsp3) is 0.500. The lowest BCUT2D eigenvalue weighted by Crippen LogP contribution is -2.29. The average molecular weight is 299 g/mol. The van der Waals surface area contributed by atoms with Crippen LogP contribution in [0.25, 0.3) is 0 Å². The lowest BCUT2D eigenvalue weighted by atomic mass is 10.1. The molecule has 2 rings (SSSR count).